The van der Waals surface area contributed by atoms with Gasteiger partial charge in [0.15, 0.2) is 0 Å². The van der Waals surface area contributed by atoms with Crippen molar-refractivity contribution in [2.45, 2.75) is 18.2 Å². The Balaban J connectivity index is 1.68. The number of nitrogens with zero attached hydrogens (tertiary/aromatic N) is 2. The third-order valence-electron chi connectivity index (χ3n) is 5.65. The van der Waals surface area contributed by atoms with Gasteiger partial charge in [0.2, 0.25) is 0 Å². The lowest BCUT2D eigenvalue weighted by molar-refractivity contribution is -0.146. The molecule has 0 amide bonds. The summed E-state index contributed by atoms with van der Waals surface area (Å²) in [6, 6.07) is 24.9. The molecule has 172 valence electrons. The normalized spacial score (nSPS) is 14.2. The van der Waals surface area contributed by atoms with Gasteiger partial charge in [0.25, 0.3) is 10.0 Å². The highest BCUT2D eigenvalue weighted by molar-refractivity contribution is 7.89. The maximum Gasteiger partial charge on any atom is 0.325 e. The average molecular weight is 466 g/mol. The van der Waals surface area contributed by atoms with Gasteiger partial charge in [-0.05, 0) is 34.7 Å². The molecule has 0 atom stereocenters. The number of nitrogens with one attached hydrogen (secondary N) is 1. The zero-order valence-corrected chi connectivity index (χ0v) is 19.3. The molecule has 8 heteroatoms. The van der Waals surface area contributed by atoms with Crippen molar-refractivity contribution in [3.8, 4) is 11.1 Å². The molecule has 33 heavy (non-hydrogen) atoms. The van der Waals surface area contributed by atoms with E-state index in [2.05, 4.69) is 21.9 Å². The number of hydrogen-bond acceptors (Lipinski definition) is 6. The van der Waals surface area contributed by atoms with Crippen LogP contribution in [-0.2, 0) is 19.7 Å². The van der Waals surface area contributed by atoms with Crippen molar-refractivity contribution in [1.82, 2.24) is 4.89 Å². The lowest BCUT2D eigenvalue weighted by Gasteiger charge is -2.38. The predicted octanol–water partition coefficient (Wildman–Crippen LogP) is 3.83. The third kappa shape index (κ3) is 5.18. The van der Waals surface area contributed by atoms with Gasteiger partial charge in [0, 0.05) is 49.5 Å². The smallest absolute Gasteiger partial charge is 0.325 e. The van der Waals surface area contributed by atoms with E-state index in [4.69, 9.17) is 4.84 Å². The Labute approximate surface area is 194 Å². The van der Waals surface area contributed by atoms with Crippen molar-refractivity contribution in [2.24, 2.45) is 0 Å². The highest BCUT2D eigenvalue weighted by Crippen LogP contribution is 2.37. The molecule has 7 nitrogen and oxygen atoms in total. The number of para-hydroxylation sites is 1. The molecule has 0 radical (unpaired) electrons. The molecule has 0 aliphatic carbocycles. The van der Waals surface area contributed by atoms with Gasteiger partial charge in [-0.1, -0.05) is 61.5 Å². The summed E-state index contributed by atoms with van der Waals surface area (Å²) in [5.74, 6) is -0.645. The third-order valence-corrected chi connectivity index (χ3v) is 6.87. The number of hydrogen-bond donors (Lipinski definition) is 1. The van der Waals surface area contributed by atoms with Crippen molar-refractivity contribution in [1.29, 1.82) is 0 Å². The molecular formula is C25H27N3O4S. The van der Waals surface area contributed by atoms with Crippen LogP contribution in [0.25, 0.3) is 11.1 Å². The van der Waals surface area contributed by atoms with Gasteiger partial charge in [0.1, 0.15) is 0 Å². The molecule has 1 aliphatic heterocycles. The standard InChI is InChI=1S/C25H27N3O4S/c1-2-24(29)32-26-33(30,31)23-15-9-14-22(25(23)20-10-5-3-6-11-20)28-18-16-27(17-19-28)21-12-7-4-8-13-21/h3-15,26H,2,16-19H2,1H3. The molecule has 1 fully saturated rings. The number of benzene rings is 3. The van der Waals surface area contributed by atoms with Gasteiger partial charge >= 0.3 is 5.97 Å². The van der Waals surface area contributed by atoms with E-state index in [0.717, 1.165) is 37.4 Å². The van der Waals surface area contributed by atoms with Gasteiger partial charge in [-0.25, -0.2) is 8.42 Å². The van der Waals surface area contributed by atoms with Gasteiger partial charge in [-0.15, -0.1) is 0 Å². The predicted molar refractivity (Wildman–Crippen MR) is 129 cm³/mol. The first kappa shape index (κ1) is 22.8. The van der Waals surface area contributed by atoms with Crippen LogP contribution in [-0.4, -0.2) is 40.6 Å². The monoisotopic (exact) mass is 465 g/mol. The molecule has 1 saturated heterocycles. The molecule has 1 heterocycles. The maximum atomic E-state index is 13.1. The van der Waals surface area contributed by atoms with Crippen molar-refractivity contribution < 1.29 is 18.0 Å². The van der Waals surface area contributed by atoms with Crippen LogP contribution in [0.2, 0.25) is 0 Å². The van der Waals surface area contributed by atoms with Crippen LogP contribution in [0.15, 0.2) is 83.8 Å². The zero-order chi connectivity index (χ0) is 23.3. The summed E-state index contributed by atoms with van der Waals surface area (Å²) < 4.78 is 26.2. The SMILES string of the molecule is CCC(=O)ONS(=O)(=O)c1cccc(N2CCN(c3ccccc3)CC2)c1-c1ccccc1. The molecule has 1 N–H and O–H groups in total. The molecule has 3 aromatic rings. The van der Waals surface area contributed by atoms with E-state index in [1.165, 1.54) is 11.8 Å². The van der Waals surface area contributed by atoms with E-state index in [-0.39, 0.29) is 11.3 Å². The summed E-state index contributed by atoms with van der Waals surface area (Å²) in [6.45, 7) is 4.73. The van der Waals surface area contributed by atoms with Crippen LogP contribution in [0.1, 0.15) is 13.3 Å². The van der Waals surface area contributed by atoms with Gasteiger partial charge in [0.05, 0.1) is 4.90 Å². The van der Waals surface area contributed by atoms with Crippen molar-refractivity contribution >= 4 is 27.4 Å². The molecule has 3 aromatic carbocycles. The highest BCUT2D eigenvalue weighted by Gasteiger charge is 2.27. The summed E-state index contributed by atoms with van der Waals surface area (Å²) in [5, 5.41) is 0. The second-order valence-corrected chi connectivity index (χ2v) is 9.35. The minimum atomic E-state index is -4.09. The summed E-state index contributed by atoms with van der Waals surface area (Å²) in [5.41, 5.74) is 3.38. The number of anilines is 2. The van der Waals surface area contributed by atoms with Crippen LogP contribution in [0.4, 0.5) is 11.4 Å². The number of piperazine rings is 1. The maximum absolute atomic E-state index is 13.1. The molecule has 0 saturated carbocycles. The minimum Gasteiger partial charge on any atom is -0.368 e. The molecule has 0 spiro atoms. The van der Waals surface area contributed by atoms with E-state index >= 15 is 0 Å². The number of sulfonamides is 1. The van der Waals surface area contributed by atoms with E-state index in [0.29, 0.717) is 5.56 Å². The number of rotatable bonds is 7. The first-order valence-corrected chi connectivity index (χ1v) is 12.4. The summed E-state index contributed by atoms with van der Waals surface area (Å²) in [7, 11) is -4.09. The molecule has 0 aromatic heterocycles. The summed E-state index contributed by atoms with van der Waals surface area (Å²) in [6.07, 6.45) is 0.0692. The average Bonchev–Trinajstić information content (AvgIpc) is 2.88. The largest absolute Gasteiger partial charge is 0.368 e. The van der Waals surface area contributed by atoms with Crippen LogP contribution >= 0.6 is 0 Å². The molecule has 0 bridgehead atoms. The second kappa shape index (κ2) is 10.1. The molecular weight excluding hydrogens is 438 g/mol. The van der Waals surface area contributed by atoms with E-state index < -0.39 is 16.0 Å². The molecule has 4 rings (SSSR count). The second-order valence-electron chi connectivity index (χ2n) is 7.74. The topological polar surface area (TPSA) is 78.9 Å². The van der Waals surface area contributed by atoms with Crippen molar-refractivity contribution in [3.05, 3.63) is 78.9 Å². The van der Waals surface area contributed by atoms with Crippen LogP contribution in [0, 0.1) is 0 Å². The summed E-state index contributed by atoms with van der Waals surface area (Å²) >= 11 is 0. The highest BCUT2D eigenvalue weighted by atomic mass is 32.2. The quantitative estimate of drug-likeness (QED) is 0.535. The first-order valence-electron chi connectivity index (χ1n) is 10.9. The number of carbonyl (C=O) groups excluding carboxylic acids is 1. The Kier molecular flexibility index (Phi) is 6.96. The van der Waals surface area contributed by atoms with Crippen molar-refractivity contribution in [2.75, 3.05) is 36.0 Å². The van der Waals surface area contributed by atoms with E-state index in [9.17, 15) is 13.2 Å². The zero-order valence-electron chi connectivity index (χ0n) is 18.5. The lowest BCUT2D eigenvalue weighted by Crippen LogP contribution is -2.46. The fraction of sp³-hybridized carbons (Fsp3) is 0.240. The first-order chi connectivity index (χ1) is 16.0. The molecule has 1 aliphatic rings. The minimum absolute atomic E-state index is 0.0692. The Bertz CT molecular complexity index is 1190. The Morgan fingerprint density at radius 3 is 2.09 bits per heavy atom. The van der Waals surface area contributed by atoms with E-state index in [1.807, 2.05) is 59.5 Å². The van der Waals surface area contributed by atoms with Crippen LogP contribution < -0.4 is 14.7 Å². The van der Waals surface area contributed by atoms with Gasteiger partial charge < -0.3 is 14.6 Å². The van der Waals surface area contributed by atoms with Crippen LogP contribution in [0.5, 0.6) is 0 Å². The fourth-order valence-electron chi connectivity index (χ4n) is 3.96. The Morgan fingerprint density at radius 2 is 1.45 bits per heavy atom. The molecule has 0 unspecified atom stereocenters. The van der Waals surface area contributed by atoms with Gasteiger partial charge in [-0.3, -0.25) is 4.79 Å². The Morgan fingerprint density at radius 1 is 0.848 bits per heavy atom. The van der Waals surface area contributed by atoms with Crippen LogP contribution in [0.3, 0.4) is 0 Å². The fourth-order valence-corrected chi connectivity index (χ4v) is 5.01. The number of carbonyl (C=O) groups is 1. The summed E-state index contributed by atoms with van der Waals surface area (Å²) in [4.78, 5) is 22.9. The van der Waals surface area contributed by atoms with Gasteiger partial charge in [-0.2, -0.15) is 0 Å². The lowest BCUT2D eigenvalue weighted by atomic mass is 10.0. The van der Waals surface area contributed by atoms with Crippen molar-refractivity contribution in [3.63, 3.8) is 0 Å². The Hall–Kier alpha value is -3.36. The van der Waals surface area contributed by atoms with E-state index in [1.54, 1.807) is 13.0 Å².